The molecule has 0 amide bonds. The van der Waals surface area contributed by atoms with E-state index in [0.29, 0.717) is 0 Å². The Morgan fingerprint density at radius 1 is 1.06 bits per heavy atom. The minimum absolute atomic E-state index is 0.977. The fourth-order valence-corrected chi connectivity index (χ4v) is 2.25. The predicted octanol–water partition coefficient (Wildman–Crippen LogP) is 2.58. The van der Waals surface area contributed by atoms with Gasteiger partial charge in [-0.25, -0.2) is 4.99 Å². The molecule has 0 rings (SSSR count). The maximum absolute atomic E-state index is 4.48. The number of quaternary nitrogens is 1. The molecule has 0 atom stereocenters. The van der Waals surface area contributed by atoms with Gasteiger partial charge in [-0.3, -0.25) is 4.48 Å². The quantitative estimate of drug-likeness (QED) is 0.387. The van der Waals surface area contributed by atoms with Gasteiger partial charge in [0.05, 0.1) is 20.1 Å². The van der Waals surface area contributed by atoms with Gasteiger partial charge < -0.3 is 4.90 Å². The number of unbranched alkanes of at least 4 members (excludes halogenated alkanes) is 2. The minimum atomic E-state index is 0.977. The molecule has 96 valence electrons. The fraction of sp³-hybridized carbons (Fsp3) is 0.923. The number of nitrogens with zero attached hydrogens (tertiary/aromatic N) is 3. The van der Waals surface area contributed by atoms with Crippen LogP contribution in [-0.2, 0) is 0 Å². The second kappa shape index (κ2) is 7.66. The summed E-state index contributed by atoms with van der Waals surface area (Å²) in [7, 11) is 8.41. The normalized spacial score (nSPS) is 13.0. The van der Waals surface area contributed by atoms with E-state index >= 15 is 0 Å². The molecule has 0 radical (unpaired) electrons. The zero-order valence-corrected chi connectivity index (χ0v) is 12.1. The summed E-state index contributed by atoms with van der Waals surface area (Å²) in [6.45, 7) is 6.90. The summed E-state index contributed by atoms with van der Waals surface area (Å²) < 4.78 is 0.977. The average molecular weight is 228 g/mol. The van der Waals surface area contributed by atoms with Crippen molar-refractivity contribution in [3.05, 3.63) is 0 Å². The van der Waals surface area contributed by atoms with E-state index < -0.39 is 0 Å². The SMILES string of the molecule is CCCC[N+](C)(CCCC)C(=NC)N(C)C. The molecule has 0 bridgehead atoms. The summed E-state index contributed by atoms with van der Waals surface area (Å²) in [5.74, 6) is 1.20. The monoisotopic (exact) mass is 228 g/mol. The van der Waals surface area contributed by atoms with Gasteiger partial charge in [-0.05, 0) is 12.8 Å². The largest absolute Gasteiger partial charge is 0.317 e. The lowest BCUT2D eigenvalue weighted by Crippen LogP contribution is -2.55. The first-order valence-electron chi connectivity index (χ1n) is 6.51. The number of hydrogen-bond acceptors (Lipinski definition) is 1. The number of hydrogen-bond donors (Lipinski definition) is 0. The Labute approximate surface area is 102 Å². The molecule has 0 aromatic rings. The number of aliphatic imine (C=N–C) groups is 1. The molecule has 0 saturated heterocycles. The maximum Gasteiger partial charge on any atom is 0.299 e. The highest BCUT2D eigenvalue weighted by Gasteiger charge is 2.29. The Bertz CT molecular complexity index is 201. The topological polar surface area (TPSA) is 15.6 Å². The van der Waals surface area contributed by atoms with E-state index in [-0.39, 0.29) is 0 Å². The second-order valence-corrected chi connectivity index (χ2v) is 4.97. The Morgan fingerprint density at radius 3 is 1.75 bits per heavy atom. The summed E-state index contributed by atoms with van der Waals surface area (Å²) in [5, 5.41) is 0. The molecule has 0 saturated carbocycles. The molecule has 16 heavy (non-hydrogen) atoms. The van der Waals surface area contributed by atoms with Gasteiger partial charge in [-0.1, -0.05) is 26.7 Å². The van der Waals surface area contributed by atoms with Gasteiger partial charge in [0, 0.05) is 21.1 Å². The Kier molecular flexibility index (Phi) is 7.39. The Morgan fingerprint density at radius 2 is 1.50 bits per heavy atom. The first kappa shape index (κ1) is 15.4. The van der Waals surface area contributed by atoms with E-state index in [2.05, 4.69) is 44.9 Å². The van der Waals surface area contributed by atoms with Crippen LogP contribution in [0.15, 0.2) is 4.99 Å². The van der Waals surface area contributed by atoms with Crippen molar-refractivity contribution in [1.29, 1.82) is 0 Å². The molecule has 0 aliphatic rings. The third-order valence-corrected chi connectivity index (χ3v) is 3.09. The van der Waals surface area contributed by atoms with Crippen molar-refractivity contribution in [3.63, 3.8) is 0 Å². The molecular formula is C13H30N3+. The van der Waals surface area contributed by atoms with Crippen molar-refractivity contribution in [2.45, 2.75) is 39.5 Å². The van der Waals surface area contributed by atoms with E-state index in [1.54, 1.807) is 0 Å². The first-order valence-corrected chi connectivity index (χ1v) is 6.51. The number of guanidine groups is 1. The van der Waals surface area contributed by atoms with Crippen LogP contribution in [0.2, 0.25) is 0 Å². The fourth-order valence-electron chi connectivity index (χ4n) is 2.25. The molecule has 3 heteroatoms. The van der Waals surface area contributed by atoms with Crippen LogP contribution in [0.5, 0.6) is 0 Å². The summed E-state index contributed by atoms with van der Waals surface area (Å²) in [6, 6.07) is 0. The third-order valence-electron chi connectivity index (χ3n) is 3.09. The molecule has 0 aromatic heterocycles. The molecule has 3 nitrogen and oxygen atoms in total. The van der Waals surface area contributed by atoms with Crippen molar-refractivity contribution in [2.75, 3.05) is 41.3 Å². The molecule has 0 N–H and O–H groups in total. The van der Waals surface area contributed by atoms with Crippen LogP contribution >= 0.6 is 0 Å². The highest BCUT2D eigenvalue weighted by Crippen LogP contribution is 2.12. The predicted molar refractivity (Wildman–Crippen MR) is 72.8 cm³/mol. The first-order chi connectivity index (χ1) is 7.51. The molecular weight excluding hydrogens is 198 g/mol. The van der Waals surface area contributed by atoms with Crippen LogP contribution in [0.4, 0.5) is 0 Å². The standard InChI is InChI=1S/C13H30N3/c1-7-9-11-16(6,12-10-8-2)13(14-3)15(4)5/h7-12H2,1-6H3/q+1. The smallest absolute Gasteiger partial charge is 0.299 e. The lowest BCUT2D eigenvalue weighted by Gasteiger charge is -2.37. The van der Waals surface area contributed by atoms with Crippen LogP contribution in [-0.4, -0.2) is 56.6 Å². The van der Waals surface area contributed by atoms with Crippen molar-refractivity contribution in [1.82, 2.24) is 4.90 Å². The van der Waals surface area contributed by atoms with Gasteiger partial charge in [0.25, 0.3) is 5.96 Å². The lowest BCUT2D eigenvalue weighted by atomic mass is 10.2. The van der Waals surface area contributed by atoms with Gasteiger partial charge in [-0.15, -0.1) is 0 Å². The number of rotatable bonds is 6. The molecule has 0 heterocycles. The minimum Gasteiger partial charge on any atom is -0.317 e. The molecule has 0 unspecified atom stereocenters. The van der Waals surface area contributed by atoms with Gasteiger partial charge in [0.1, 0.15) is 0 Å². The van der Waals surface area contributed by atoms with Crippen molar-refractivity contribution < 1.29 is 4.48 Å². The molecule has 0 fully saturated rings. The maximum atomic E-state index is 4.48. The van der Waals surface area contributed by atoms with E-state index in [1.165, 1.54) is 44.7 Å². The van der Waals surface area contributed by atoms with E-state index in [0.717, 1.165) is 4.48 Å². The van der Waals surface area contributed by atoms with E-state index in [4.69, 9.17) is 0 Å². The van der Waals surface area contributed by atoms with E-state index in [9.17, 15) is 0 Å². The van der Waals surface area contributed by atoms with Gasteiger partial charge >= 0.3 is 0 Å². The average Bonchev–Trinajstić information content (AvgIpc) is 2.24. The van der Waals surface area contributed by atoms with Crippen LogP contribution in [0, 0.1) is 0 Å². The third kappa shape index (κ3) is 4.52. The van der Waals surface area contributed by atoms with Crippen LogP contribution in [0.1, 0.15) is 39.5 Å². The van der Waals surface area contributed by atoms with Gasteiger partial charge in [0.2, 0.25) is 0 Å². The molecule has 0 aromatic carbocycles. The lowest BCUT2D eigenvalue weighted by molar-refractivity contribution is -0.827. The summed E-state index contributed by atoms with van der Waals surface area (Å²) in [4.78, 5) is 6.64. The van der Waals surface area contributed by atoms with Crippen LogP contribution in [0.25, 0.3) is 0 Å². The molecule has 0 aliphatic carbocycles. The van der Waals surface area contributed by atoms with Crippen LogP contribution < -0.4 is 0 Å². The molecule has 0 spiro atoms. The summed E-state index contributed by atoms with van der Waals surface area (Å²) >= 11 is 0. The van der Waals surface area contributed by atoms with Crippen molar-refractivity contribution in [3.8, 4) is 0 Å². The van der Waals surface area contributed by atoms with Gasteiger partial charge in [-0.2, -0.15) is 0 Å². The second-order valence-electron chi connectivity index (χ2n) is 4.97. The molecule has 0 aliphatic heterocycles. The zero-order chi connectivity index (χ0) is 12.6. The Hall–Kier alpha value is -0.570. The van der Waals surface area contributed by atoms with Gasteiger partial charge in [0.15, 0.2) is 0 Å². The highest BCUT2D eigenvalue weighted by atomic mass is 15.5. The Balaban J connectivity index is 4.73. The highest BCUT2D eigenvalue weighted by molar-refractivity contribution is 5.72. The summed E-state index contributed by atoms with van der Waals surface area (Å²) in [6.07, 6.45) is 5.05. The van der Waals surface area contributed by atoms with E-state index in [1.807, 2.05) is 7.05 Å². The summed E-state index contributed by atoms with van der Waals surface area (Å²) in [5.41, 5.74) is 0. The zero-order valence-electron chi connectivity index (χ0n) is 12.1. The van der Waals surface area contributed by atoms with Crippen molar-refractivity contribution >= 4 is 5.96 Å². The van der Waals surface area contributed by atoms with Crippen LogP contribution in [0.3, 0.4) is 0 Å². The van der Waals surface area contributed by atoms with Crippen molar-refractivity contribution in [2.24, 2.45) is 4.99 Å².